The molecule has 1 atom stereocenters. The summed E-state index contributed by atoms with van der Waals surface area (Å²) < 4.78 is 1.64. The number of amides is 1. The van der Waals surface area contributed by atoms with Gasteiger partial charge in [-0.25, -0.2) is 4.79 Å². The van der Waals surface area contributed by atoms with E-state index in [-0.39, 0.29) is 11.6 Å². The molecule has 1 aromatic heterocycles. The zero-order chi connectivity index (χ0) is 16.3. The Kier molecular flexibility index (Phi) is 4.60. The van der Waals surface area contributed by atoms with Gasteiger partial charge >= 0.3 is 5.97 Å². The van der Waals surface area contributed by atoms with Crippen molar-refractivity contribution in [3.63, 3.8) is 0 Å². The predicted molar refractivity (Wildman–Crippen MR) is 81.6 cm³/mol. The molecule has 0 bridgehead atoms. The predicted octanol–water partition coefficient (Wildman–Crippen LogP) is 2.10. The highest BCUT2D eigenvalue weighted by atomic mass is 16.4. The normalized spacial score (nSPS) is 12.2. The van der Waals surface area contributed by atoms with Crippen LogP contribution in [-0.4, -0.2) is 26.8 Å². The number of carboxylic acid groups (broad SMARTS) is 1. The van der Waals surface area contributed by atoms with E-state index in [4.69, 9.17) is 0 Å². The van der Waals surface area contributed by atoms with Crippen molar-refractivity contribution in [2.45, 2.75) is 25.8 Å². The van der Waals surface area contributed by atoms with Gasteiger partial charge in [-0.3, -0.25) is 9.48 Å². The molecule has 6 heteroatoms. The Balaban J connectivity index is 2.22. The number of rotatable bonds is 5. The average Bonchev–Trinajstić information content (AvgIpc) is 2.87. The lowest BCUT2D eigenvalue weighted by molar-refractivity contribution is -0.139. The Morgan fingerprint density at radius 1 is 1.23 bits per heavy atom. The molecule has 0 unspecified atom stereocenters. The van der Waals surface area contributed by atoms with Crippen molar-refractivity contribution < 1.29 is 14.7 Å². The maximum absolute atomic E-state index is 12.3. The first kappa shape index (κ1) is 15.8. The second kappa shape index (κ2) is 6.43. The number of carbonyl (C=O) groups is 2. The van der Waals surface area contributed by atoms with Crippen molar-refractivity contribution in [1.82, 2.24) is 15.1 Å². The second-order valence-electron chi connectivity index (χ2n) is 5.39. The van der Waals surface area contributed by atoms with Gasteiger partial charge in [0, 0.05) is 12.7 Å². The quantitative estimate of drug-likeness (QED) is 0.885. The van der Waals surface area contributed by atoms with Gasteiger partial charge in [-0.2, -0.15) is 5.10 Å². The Hall–Kier alpha value is -2.63. The topological polar surface area (TPSA) is 84.2 Å². The zero-order valence-electron chi connectivity index (χ0n) is 12.8. The summed E-state index contributed by atoms with van der Waals surface area (Å²) in [6.07, 6.45) is 0. The minimum Gasteiger partial charge on any atom is -0.479 e. The van der Waals surface area contributed by atoms with Crippen LogP contribution in [0.25, 0.3) is 0 Å². The molecule has 116 valence electrons. The van der Waals surface area contributed by atoms with E-state index in [1.54, 1.807) is 48.1 Å². The highest BCUT2D eigenvalue weighted by Crippen LogP contribution is 2.17. The third-order valence-corrected chi connectivity index (χ3v) is 3.40. The lowest BCUT2D eigenvalue weighted by atomic mass is 10.1. The van der Waals surface area contributed by atoms with E-state index in [0.29, 0.717) is 5.56 Å². The third kappa shape index (κ3) is 3.33. The number of aliphatic carboxylic acids is 1. The maximum atomic E-state index is 12.3. The Morgan fingerprint density at radius 2 is 1.86 bits per heavy atom. The minimum absolute atomic E-state index is 0.216. The Morgan fingerprint density at radius 3 is 2.36 bits per heavy atom. The summed E-state index contributed by atoms with van der Waals surface area (Å²) in [6.45, 7) is 4.01. The molecule has 1 amide bonds. The number of carbonyl (C=O) groups excluding carboxylic acids is 1. The van der Waals surface area contributed by atoms with Gasteiger partial charge in [-0.05, 0) is 17.5 Å². The Labute approximate surface area is 128 Å². The summed E-state index contributed by atoms with van der Waals surface area (Å²) >= 11 is 0. The summed E-state index contributed by atoms with van der Waals surface area (Å²) in [7, 11) is 1.76. The minimum atomic E-state index is -1.11. The van der Waals surface area contributed by atoms with E-state index in [9.17, 15) is 14.7 Å². The summed E-state index contributed by atoms with van der Waals surface area (Å²) in [5.41, 5.74) is 1.65. The molecule has 0 radical (unpaired) electrons. The largest absolute Gasteiger partial charge is 0.479 e. The van der Waals surface area contributed by atoms with Crippen LogP contribution in [-0.2, 0) is 11.8 Å². The fraction of sp³-hybridized carbons (Fsp3) is 0.312. The SMILES string of the molecule is CC(C)c1cc(C(=O)N[C@H](C(=O)O)c2ccccc2)nn1C. The van der Waals surface area contributed by atoms with Crippen LogP contribution >= 0.6 is 0 Å². The molecule has 22 heavy (non-hydrogen) atoms. The molecule has 0 aliphatic rings. The van der Waals surface area contributed by atoms with E-state index in [0.717, 1.165) is 5.69 Å². The molecule has 1 aromatic carbocycles. The van der Waals surface area contributed by atoms with E-state index >= 15 is 0 Å². The fourth-order valence-corrected chi connectivity index (χ4v) is 2.27. The lowest BCUT2D eigenvalue weighted by Crippen LogP contribution is -2.34. The van der Waals surface area contributed by atoms with Gasteiger partial charge < -0.3 is 10.4 Å². The van der Waals surface area contributed by atoms with Crippen LogP contribution in [0.2, 0.25) is 0 Å². The fourth-order valence-electron chi connectivity index (χ4n) is 2.27. The molecular formula is C16H19N3O3. The van der Waals surface area contributed by atoms with E-state index < -0.39 is 17.9 Å². The highest BCUT2D eigenvalue weighted by Gasteiger charge is 2.24. The number of carboxylic acids is 1. The third-order valence-electron chi connectivity index (χ3n) is 3.40. The molecule has 0 aliphatic carbocycles. The van der Waals surface area contributed by atoms with Crippen LogP contribution in [0.15, 0.2) is 36.4 Å². The van der Waals surface area contributed by atoms with Crippen molar-refractivity contribution in [3.05, 3.63) is 53.3 Å². The zero-order valence-corrected chi connectivity index (χ0v) is 12.8. The van der Waals surface area contributed by atoms with Crippen molar-refractivity contribution in [2.75, 3.05) is 0 Å². The summed E-state index contributed by atoms with van der Waals surface area (Å²) in [6, 6.07) is 9.17. The molecule has 6 nitrogen and oxygen atoms in total. The highest BCUT2D eigenvalue weighted by molar-refractivity contribution is 5.95. The number of aromatic nitrogens is 2. The first-order valence-electron chi connectivity index (χ1n) is 7.02. The van der Waals surface area contributed by atoms with Gasteiger partial charge in [-0.15, -0.1) is 0 Å². The number of nitrogens with one attached hydrogen (secondary N) is 1. The smallest absolute Gasteiger partial charge is 0.330 e. The summed E-state index contributed by atoms with van der Waals surface area (Å²) in [5.74, 6) is -1.39. The summed E-state index contributed by atoms with van der Waals surface area (Å²) in [4.78, 5) is 23.7. The van der Waals surface area contributed by atoms with Crippen LogP contribution in [0.3, 0.4) is 0 Å². The molecule has 1 heterocycles. The molecule has 2 aromatic rings. The number of aryl methyl sites for hydroxylation is 1. The van der Waals surface area contributed by atoms with Gasteiger partial charge in [-0.1, -0.05) is 44.2 Å². The van der Waals surface area contributed by atoms with Gasteiger partial charge in [0.2, 0.25) is 0 Å². The molecule has 0 fully saturated rings. The number of hydrogen-bond acceptors (Lipinski definition) is 3. The standard InChI is InChI=1S/C16H19N3O3/c1-10(2)13-9-12(18-19(13)3)15(20)17-14(16(21)22)11-7-5-4-6-8-11/h4-10,14H,1-3H3,(H,17,20)(H,21,22)/t14-/m0/s1. The van der Waals surface area contributed by atoms with Crippen LogP contribution in [0.1, 0.15) is 47.6 Å². The van der Waals surface area contributed by atoms with Gasteiger partial charge in [0.05, 0.1) is 0 Å². The van der Waals surface area contributed by atoms with E-state index in [2.05, 4.69) is 10.4 Å². The first-order valence-corrected chi connectivity index (χ1v) is 7.02. The van der Waals surface area contributed by atoms with Gasteiger partial charge in [0.1, 0.15) is 5.69 Å². The van der Waals surface area contributed by atoms with Crippen LogP contribution in [0, 0.1) is 0 Å². The lowest BCUT2D eigenvalue weighted by Gasteiger charge is -2.13. The molecular weight excluding hydrogens is 282 g/mol. The monoisotopic (exact) mass is 301 g/mol. The van der Waals surface area contributed by atoms with E-state index in [1.807, 2.05) is 13.8 Å². The molecule has 0 saturated carbocycles. The molecule has 2 N–H and O–H groups in total. The average molecular weight is 301 g/mol. The van der Waals surface area contributed by atoms with Gasteiger partial charge in [0.25, 0.3) is 5.91 Å². The van der Waals surface area contributed by atoms with Crippen LogP contribution in [0.4, 0.5) is 0 Å². The molecule has 0 spiro atoms. The number of hydrogen-bond donors (Lipinski definition) is 2. The molecule has 0 aliphatic heterocycles. The van der Waals surface area contributed by atoms with Crippen molar-refractivity contribution in [3.8, 4) is 0 Å². The molecule has 2 rings (SSSR count). The van der Waals surface area contributed by atoms with Crippen LogP contribution in [0.5, 0.6) is 0 Å². The van der Waals surface area contributed by atoms with Crippen molar-refractivity contribution >= 4 is 11.9 Å². The van der Waals surface area contributed by atoms with Crippen LogP contribution < -0.4 is 5.32 Å². The van der Waals surface area contributed by atoms with E-state index in [1.165, 1.54) is 0 Å². The van der Waals surface area contributed by atoms with Gasteiger partial charge in [0.15, 0.2) is 6.04 Å². The first-order chi connectivity index (χ1) is 10.4. The Bertz CT molecular complexity index is 677. The number of benzene rings is 1. The number of nitrogens with zero attached hydrogens (tertiary/aromatic N) is 2. The summed E-state index contributed by atoms with van der Waals surface area (Å²) in [5, 5.41) is 16.0. The van der Waals surface area contributed by atoms with Crippen molar-refractivity contribution in [1.29, 1.82) is 0 Å². The maximum Gasteiger partial charge on any atom is 0.330 e. The van der Waals surface area contributed by atoms with Crippen molar-refractivity contribution in [2.24, 2.45) is 7.05 Å². The second-order valence-corrected chi connectivity index (χ2v) is 5.39. The molecule has 0 saturated heterocycles.